The quantitative estimate of drug-likeness (QED) is 0.559. The molecule has 0 aliphatic rings. The van der Waals surface area contributed by atoms with Gasteiger partial charge in [-0.2, -0.15) is 5.10 Å². The fourth-order valence-corrected chi connectivity index (χ4v) is 3.14. The first-order valence-electron chi connectivity index (χ1n) is 8.49. The first-order chi connectivity index (χ1) is 12.3. The molecule has 0 atom stereocenters. The lowest BCUT2D eigenvalue weighted by atomic mass is 10.1. The second kappa shape index (κ2) is 7.00. The van der Waals surface area contributed by atoms with Crippen LogP contribution < -0.4 is 11.0 Å². The molecule has 134 valence electrons. The van der Waals surface area contributed by atoms with Crippen molar-refractivity contribution in [2.24, 2.45) is 5.10 Å². The minimum absolute atomic E-state index is 0.205. The van der Waals surface area contributed by atoms with Crippen molar-refractivity contribution in [3.63, 3.8) is 0 Å². The first kappa shape index (κ1) is 17.7. The number of hydrogen-bond donors (Lipinski definition) is 2. The van der Waals surface area contributed by atoms with Crippen LogP contribution in [0.4, 0.5) is 5.95 Å². The van der Waals surface area contributed by atoms with Gasteiger partial charge in [0.2, 0.25) is 5.95 Å². The molecule has 2 N–H and O–H groups in total. The van der Waals surface area contributed by atoms with Crippen molar-refractivity contribution in [1.82, 2.24) is 14.5 Å². The topological polar surface area (TPSA) is 75.1 Å². The third kappa shape index (κ3) is 3.59. The van der Waals surface area contributed by atoms with E-state index in [1.165, 1.54) is 22.9 Å². The third-order valence-electron chi connectivity index (χ3n) is 4.31. The van der Waals surface area contributed by atoms with Crippen molar-refractivity contribution >= 4 is 12.2 Å². The van der Waals surface area contributed by atoms with Crippen LogP contribution in [0.25, 0.3) is 5.69 Å². The molecule has 1 aromatic carbocycles. The standard InChI is InChI=1S/C20H23N5O/c1-12-6-7-18(13(2)8-12)25-15(4)10-17(16(25)5)11-21-24-20-22-14(3)9-19(26)23-20/h6-11H,1-5H3,(H2,22,23,24,26)/b21-11-. The van der Waals surface area contributed by atoms with Crippen molar-refractivity contribution in [3.05, 3.63) is 74.5 Å². The summed E-state index contributed by atoms with van der Waals surface area (Å²) in [5, 5.41) is 4.22. The van der Waals surface area contributed by atoms with Gasteiger partial charge in [0.05, 0.1) is 6.21 Å². The van der Waals surface area contributed by atoms with Crippen LogP contribution in [-0.2, 0) is 0 Å². The number of hydrazone groups is 1. The maximum atomic E-state index is 11.5. The van der Waals surface area contributed by atoms with E-state index in [0.29, 0.717) is 11.6 Å². The largest absolute Gasteiger partial charge is 0.318 e. The summed E-state index contributed by atoms with van der Waals surface area (Å²) in [6.45, 7) is 10.1. The SMILES string of the molecule is Cc1ccc(-n2c(C)cc(/C=N\Nc3nc(C)cc(=O)[nH]3)c2C)c(C)c1. The molecule has 0 amide bonds. The lowest BCUT2D eigenvalue weighted by molar-refractivity contribution is 0.952. The molecule has 3 rings (SSSR count). The Hall–Kier alpha value is -3.15. The average Bonchev–Trinajstić information content (AvgIpc) is 2.81. The highest BCUT2D eigenvalue weighted by Crippen LogP contribution is 2.23. The van der Waals surface area contributed by atoms with Crippen molar-refractivity contribution < 1.29 is 0 Å². The molecule has 0 fully saturated rings. The number of H-pyrrole nitrogens is 1. The fraction of sp³-hybridized carbons (Fsp3) is 0.250. The van der Waals surface area contributed by atoms with Gasteiger partial charge in [0.25, 0.3) is 5.56 Å². The maximum absolute atomic E-state index is 11.5. The number of aromatic amines is 1. The van der Waals surface area contributed by atoms with Gasteiger partial charge in [-0.05, 0) is 52.3 Å². The van der Waals surface area contributed by atoms with Crippen LogP contribution in [0.2, 0.25) is 0 Å². The summed E-state index contributed by atoms with van der Waals surface area (Å²) in [6, 6.07) is 9.98. The maximum Gasteiger partial charge on any atom is 0.252 e. The van der Waals surface area contributed by atoms with Gasteiger partial charge in [0.15, 0.2) is 0 Å². The molecular formula is C20H23N5O. The Balaban J connectivity index is 1.89. The van der Waals surface area contributed by atoms with Crippen LogP contribution in [0, 0.1) is 34.6 Å². The molecule has 0 saturated heterocycles. The van der Waals surface area contributed by atoms with Gasteiger partial charge < -0.3 is 4.57 Å². The first-order valence-corrected chi connectivity index (χ1v) is 8.49. The van der Waals surface area contributed by atoms with Crippen LogP contribution in [0.3, 0.4) is 0 Å². The molecule has 6 heteroatoms. The molecule has 2 aromatic heterocycles. The third-order valence-corrected chi connectivity index (χ3v) is 4.31. The van der Waals surface area contributed by atoms with Gasteiger partial charge >= 0.3 is 0 Å². The van der Waals surface area contributed by atoms with Gasteiger partial charge in [-0.1, -0.05) is 17.7 Å². The van der Waals surface area contributed by atoms with E-state index in [2.05, 4.69) is 77.0 Å². The summed E-state index contributed by atoms with van der Waals surface area (Å²) in [4.78, 5) is 18.3. The number of aromatic nitrogens is 3. The summed E-state index contributed by atoms with van der Waals surface area (Å²) in [7, 11) is 0. The molecule has 0 spiro atoms. The number of hydrogen-bond acceptors (Lipinski definition) is 4. The van der Waals surface area contributed by atoms with E-state index in [1.54, 1.807) is 13.1 Å². The Morgan fingerprint density at radius 1 is 1.12 bits per heavy atom. The van der Waals surface area contributed by atoms with Crippen molar-refractivity contribution in [1.29, 1.82) is 0 Å². The van der Waals surface area contributed by atoms with Crippen LogP contribution in [-0.4, -0.2) is 20.7 Å². The smallest absolute Gasteiger partial charge is 0.252 e. The van der Waals surface area contributed by atoms with Crippen LogP contribution in [0.1, 0.15) is 33.8 Å². The second-order valence-corrected chi connectivity index (χ2v) is 6.56. The number of anilines is 1. The molecular weight excluding hydrogens is 326 g/mol. The summed E-state index contributed by atoms with van der Waals surface area (Å²) < 4.78 is 2.23. The number of nitrogens with zero attached hydrogens (tertiary/aromatic N) is 3. The lowest BCUT2D eigenvalue weighted by Gasteiger charge is -2.13. The van der Waals surface area contributed by atoms with Gasteiger partial charge in [0, 0.05) is 34.4 Å². The molecule has 26 heavy (non-hydrogen) atoms. The molecule has 0 aliphatic heterocycles. The summed E-state index contributed by atoms with van der Waals surface area (Å²) in [6.07, 6.45) is 1.74. The Morgan fingerprint density at radius 3 is 2.58 bits per heavy atom. The highest BCUT2D eigenvalue weighted by atomic mass is 16.1. The van der Waals surface area contributed by atoms with Crippen LogP contribution in [0.15, 0.2) is 40.2 Å². The Labute approximate surface area is 152 Å². The minimum Gasteiger partial charge on any atom is -0.318 e. The summed E-state index contributed by atoms with van der Waals surface area (Å²) in [5.74, 6) is 0.328. The van der Waals surface area contributed by atoms with Crippen LogP contribution in [0.5, 0.6) is 0 Å². The number of benzene rings is 1. The van der Waals surface area contributed by atoms with E-state index in [1.807, 2.05) is 0 Å². The minimum atomic E-state index is -0.205. The highest BCUT2D eigenvalue weighted by molar-refractivity contribution is 5.82. The fourth-order valence-electron chi connectivity index (χ4n) is 3.14. The summed E-state index contributed by atoms with van der Waals surface area (Å²) >= 11 is 0. The van der Waals surface area contributed by atoms with E-state index in [-0.39, 0.29) is 5.56 Å². The zero-order valence-corrected chi connectivity index (χ0v) is 15.7. The van der Waals surface area contributed by atoms with Crippen molar-refractivity contribution in [2.45, 2.75) is 34.6 Å². The van der Waals surface area contributed by atoms with Gasteiger partial charge in [-0.25, -0.2) is 10.4 Å². The molecule has 3 aromatic rings. The number of nitrogens with one attached hydrogen (secondary N) is 2. The van der Waals surface area contributed by atoms with Crippen molar-refractivity contribution in [2.75, 3.05) is 5.43 Å². The van der Waals surface area contributed by atoms with E-state index in [4.69, 9.17) is 0 Å². The van der Waals surface area contributed by atoms with Gasteiger partial charge in [-0.3, -0.25) is 9.78 Å². The van der Waals surface area contributed by atoms with Crippen LogP contribution >= 0.6 is 0 Å². The van der Waals surface area contributed by atoms with E-state index < -0.39 is 0 Å². The van der Waals surface area contributed by atoms with E-state index in [0.717, 1.165) is 17.0 Å². The highest BCUT2D eigenvalue weighted by Gasteiger charge is 2.11. The lowest BCUT2D eigenvalue weighted by Crippen LogP contribution is -2.10. The van der Waals surface area contributed by atoms with Crippen molar-refractivity contribution in [3.8, 4) is 5.69 Å². The van der Waals surface area contributed by atoms with Gasteiger partial charge in [-0.15, -0.1) is 0 Å². The Kier molecular flexibility index (Phi) is 4.75. The van der Waals surface area contributed by atoms with E-state index in [9.17, 15) is 4.79 Å². The Bertz CT molecular complexity index is 1040. The molecule has 6 nitrogen and oxygen atoms in total. The number of rotatable bonds is 4. The number of aryl methyl sites for hydroxylation is 4. The molecule has 0 bridgehead atoms. The van der Waals surface area contributed by atoms with Gasteiger partial charge in [0.1, 0.15) is 0 Å². The average molecular weight is 349 g/mol. The zero-order valence-electron chi connectivity index (χ0n) is 15.7. The predicted octanol–water partition coefficient (Wildman–Crippen LogP) is 3.55. The molecule has 0 radical (unpaired) electrons. The molecule has 2 heterocycles. The summed E-state index contributed by atoms with van der Waals surface area (Å²) in [5.41, 5.74) is 10.1. The predicted molar refractivity (Wildman–Crippen MR) is 106 cm³/mol. The normalized spacial score (nSPS) is 11.3. The second-order valence-electron chi connectivity index (χ2n) is 6.56. The monoisotopic (exact) mass is 349 g/mol. The molecule has 0 saturated carbocycles. The molecule has 0 aliphatic carbocycles. The Morgan fingerprint density at radius 2 is 1.88 bits per heavy atom. The molecule has 0 unspecified atom stereocenters. The van der Waals surface area contributed by atoms with E-state index >= 15 is 0 Å². The zero-order chi connectivity index (χ0) is 18.8.